The van der Waals surface area contributed by atoms with Crippen LogP contribution in [-0.2, 0) is 11.2 Å². The number of carbonyl (C=O) groups excluding carboxylic acids is 1. The van der Waals surface area contributed by atoms with Crippen LogP contribution in [0, 0.1) is 5.92 Å². The van der Waals surface area contributed by atoms with Crippen LogP contribution in [0.1, 0.15) is 37.3 Å². The number of urea groups is 1. The first-order valence-corrected chi connectivity index (χ1v) is 7.91. The summed E-state index contributed by atoms with van der Waals surface area (Å²) in [5.41, 5.74) is 0. The fourth-order valence-electron chi connectivity index (χ4n) is 2.69. The minimum atomic E-state index is -0.284. The van der Waals surface area contributed by atoms with Gasteiger partial charge in [0.05, 0.1) is 6.61 Å². The molecule has 6 heteroatoms. The first-order chi connectivity index (χ1) is 10.7. The number of ether oxygens (including phenoxy) is 1. The first kappa shape index (κ1) is 16.8. The molecule has 2 amide bonds. The Balaban J connectivity index is 1.94. The molecule has 0 spiro atoms. The van der Waals surface area contributed by atoms with Crippen molar-refractivity contribution in [3.05, 3.63) is 23.7 Å². The molecule has 1 aliphatic heterocycles. The number of hydrogen-bond donors (Lipinski definition) is 2. The van der Waals surface area contributed by atoms with Gasteiger partial charge in [0.25, 0.3) is 0 Å². The average Bonchev–Trinajstić information content (AvgIpc) is 3.03. The van der Waals surface area contributed by atoms with Crippen LogP contribution >= 0.6 is 0 Å². The number of rotatable bonds is 6. The first-order valence-electron chi connectivity index (χ1n) is 7.91. The van der Waals surface area contributed by atoms with Crippen molar-refractivity contribution in [2.45, 2.75) is 32.2 Å². The molecule has 1 aromatic heterocycles. The summed E-state index contributed by atoms with van der Waals surface area (Å²) in [5, 5.41) is 12.1. The van der Waals surface area contributed by atoms with Crippen molar-refractivity contribution in [2.24, 2.45) is 5.92 Å². The van der Waals surface area contributed by atoms with Gasteiger partial charge in [0.15, 0.2) is 0 Å². The molecule has 6 nitrogen and oxygen atoms in total. The molecule has 0 aromatic carbocycles. The topological polar surface area (TPSA) is 74.9 Å². The predicted octanol–water partition coefficient (Wildman–Crippen LogP) is 1.94. The molecule has 2 rings (SSSR count). The number of nitrogens with zero attached hydrogens (tertiary/aromatic N) is 1. The number of methoxy groups -OCH3 is 1. The molecule has 1 fully saturated rings. The van der Waals surface area contributed by atoms with E-state index in [1.165, 1.54) is 0 Å². The third-order valence-corrected chi connectivity index (χ3v) is 4.17. The van der Waals surface area contributed by atoms with E-state index >= 15 is 0 Å². The van der Waals surface area contributed by atoms with E-state index in [9.17, 15) is 4.79 Å². The zero-order valence-corrected chi connectivity index (χ0v) is 13.4. The minimum Gasteiger partial charge on any atom is -0.464 e. The summed E-state index contributed by atoms with van der Waals surface area (Å²) >= 11 is 0. The Hall–Kier alpha value is -1.53. The zero-order valence-electron chi connectivity index (χ0n) is 13.4. The highest BCUT2D eigenvalue weighted by Crippen LogP contribution is 2.20. The molecule has 1 unspecified atom stereocenters. The second-order valence-electron chi connectivity index (χ2n) is 5.73. The van der Waals surface area contributed by atoms with Gasteiger partial charge in [-0.05, 0) is 30.9 Å². The Labute approximate surface area is 131 Å². The summed E-state index contributed by atoms with van der Waals surface area (Å²) in [5.74, 6) is 1.93. The van der Waals surface area contributed by atoms with Crippen molar-refractivity contribution in [1.29, 1.82) is 0 Å². The molecule has 1 aromatic rings. The molecule has 22 heavy (non-hydrogen) atoms. The Morgan fingerprint density at radius 1 is 1.50 bits per heavy atom. The van der Waals surface area contributed by atoms with Crippen LogP contribution in [-0.4, -0.2) is 49.5 Å². The summed E-state index contributed by atoms with van der Waals surface area (Å²) in [6.07, 6.45) is 2.52. The lowest BCUT2D eigenvalue weighted by molar-refractivity contribution is 0.124. The van der Waals surface area contributed by atoms with Crippen molar-refractivity contribution in [2.75, 3.05) is 33.4 Å². The minimum absolute atomic E-state index is 0.104. The van der Waals surface area contributed by atoms with Gasteiger partial charge in [0.1, 0.15) is 17.6 Å². The van der Waals surface area contributed by atoms with Gasteiger partial charge in [-0.3, -0.25) is 0 Å². The van der Waals surface area contributed by atoms with Gasteiger partial charge in [-0.25, -0.2) is 4.79 Å². The van der Waals surface area contributed by atoms with Gasteiger partial charge in [-0.15, -0.1) is 0 Å². The van der Waals surface area contributed by atoms with Crippen molar-refractivity contribution in [3.8, 4) is 0 Å². The second-order valence-corrected chi connectivity index (χ2v) is 5.73. The summed E-state index contributed by atoms with van der Waals surface area (Å²) < 4.78 is 10.9. The lowest BCUT2D eigenvalue weighted by atomic mass is 9.98. The Kier molecular flexibility index (Phi) is 6.27. The molecule has 0 aliphatic carbocycles. The third kappa shape index (κ3) is 4.24. The fraction of sp³-hybridized carbons (Fsp3) is 0.688. The van der Waals surface area contributed by atoms with E-state index in [4.69, 9.17) is 14.3 Å². The van der Waals surface area contributed by atoms with Crippen LogP contribution in [0.3, 0.4) is 0 Å². The lowest BCUT2D eigenvalue weighted by Gasteiger charge is -2.32. The fourth-order valence-corrected chi connectivity index (χ4v) is 2.69. The number of aliphatic hydroxyl groups is 1. The van der Waals surface area contributed by atoms with Gasteiger partial charge in [0.2, 0.25) is 0 Å². The van der Waals surface area contributed by atoms with E-state index in [1.807, 2.05) is 19.1 Å². The summed E-state index contributed by atoms with van der Waals surface area (Å²) in [6, 6.07) is 3.43. The number of aliphatic hydroxyl groups excluding tert-OH is 1. The third-order valence-electron chi connectivity index (χ3n) is 4.17. The summed E-state index contributed by atoms with van der Waals surface area (Å²) in [4.78, 5) is 14.2. The molecule has 2 N–H and O–H groups in total. The Bertz CT molecular complexity index is 466. The van der Waals surface area contributed by atoms with E-state index in [0.717, 1.165) is 30.8 Å². The maximum absolute atomic E-state index is 12.4. The highest BCUT2D eigenvalue weighted by Gasteiger charge is 2.25. The quantitative estimate of drug-likeness (QED) is 0.842. The van der Waals surface area contributed by atoms with Crippen LogP contribution in [0.4, 0.5) is 4.79 Å². The van der Waals surface area contributed by atoms with E-state index < -0.39 is 0 Å². The van der Waals surface area contributed by atoms with E-state index in [-0.39, 0.29) is 18.7 Å². The highest BCUT2D eigenvalue weighted by molar-refractivity contribution is 5.74. The van der Waals surface area contributed by atoms with Crippen LogP contribution in [0.25, 0.3) is 0 Å². The molecular weight excluding hydrogens is 284 g/mol. The monoisotopic (exact) mass is 310 g/mol. The molecule has 1 saturated heterocycles. The smallest absolute Gasteiger partial charge is 0.318 e. The van der Waals surface area contributed by atoms with Crippen LogP contribution in [0.2, 0.25) is 0 Å². The van der Waals surface area contributed by atoms with Crippen molar-refractivity contribution in [3.63, 3.8) is 0 Å². The van der Waals surface area contributed by atoms with Gasteiger partial charge in [-0.1, -0.05) is 6.92 Å². The van der Waals surface area contributed by atoms with E-state index in [1.54, 1.807) is 12.0 Å². The maximum atomic E-state index is 12.4. The standard InChI is InChI=1S/C16H26N2O4/c1-3-13-4-5-15(22-13)14(11-21-2)17-16(20)18-8-6-12(10-19)7-9-18/h4-5,12,14,19H,3,6-11H2,1-2H3,(H,17,20). The van der Waals surface area contributed by atoms with Gasteiger partial charge in [0, 0.05) is 33.2 Å². The maximum Gasteiger partial charge on any atom is 0.318 e. The van der Waals surface area contributed by atoms with Gasteiger partial charge >= 0.3 is 6.03 Å². The summed E-state index contributed by atoms with van der Waals surface area (Å²) in [7, 11) is 1.61. The molecule has 0 radical (unpaired) electrons. The Morgan fingerprint density at radius 2 is 2.23 bits per heavy atom. The molecule has 0 saturated carbocycles. The second kappa shape index (κ2) is 8.19. The van der Waals surface area contributed by atoms with Crippen LogP contribution < -0.4 is 5.32 Å². The van der Waals surface area contributed by atoms with Crippen molar-refractivity contribution >= 4 is 6.03 Å². The zero-order chi connectivity index (χ0) is 15.9. The Morgan fingerprint density at radius 3 is 2.77 bits per heavy atom. The number of nitrogens with one attached hydrogen (secondary N) is 1. The van der Waals surface area contributed by atoms with Crippen LogP contribution in [0.15, 0.2) is 16.5 Å². The molecule has 1 atom stereocenters. The molecule has 1 aliphatic rings. The average molecular weight is 310 g/mol. The molecule has 2 heterocycles. The summed E-state index contributed by atoms with van der Waals surface area (Å²) in [6.45, 7) is 3.95. The number of likely N-dealkylation sites (tertiary alicyclic amines) is 1. The number of carbonyl (C=O) groups is 1. The molecule has 0 bridgehead atoms. The van der Waals surface area contributed by atoms with E-state index in [0.29, 0.717) is 25.6 Å². The van der Waals surface area contributed by atoms with E-state index in [2.05, 4.69) is 5.32 Å². The number of hydrogen-bond acceptors (Lipinski definition) is 4. The van der Waals surface area contributed by atoms with Crippen molar-refractivity contribution < 1.29 is 19.1 Å². The lowest BCUT2D eigenvalue weighted by Crippen LogP contribution is -2.46. The van der Waals surface area contributed by atoms with Crippen molar-refractivity contribution in [1.82, 2.24) is 10.2 Å². The number of piperidine rings is 1. The highest BCUT2D eigenvalue weighted by atomic mass is 16.5. The van der Waals surface area contributed by atoms with Gasteiger partial charge in [-0.2, -0.15) is 0 Å². The molecule has 124 valence electrons. The predicted molar refractivity (Wildman–Crippen MR) is 82.6 cm³/mol. The SMILES string of the molecule is CCc1ccc(C(COC)NC(=O)N2CCC(CO)CC2)o1. The number of amides is 2. The molecular formula is C16H26N2O4. The van der Waals surface area contributed by atoms with Crippen LogP contribution in [0.5, 0.6) is 0 Å². The number of furan rings is 1. The largest absolute Gasteiger partial charge is 0.464 e. The number of aryl methyl sites for hydroxylation is 1. The normalized spacial score (nSPS) is 17.5. The van der Waals surface area contributed by atoms with Gasteiger partial charge < -0.3 is 24.5 Å².